The fourth-order valence-corrected chi connectivity index (χ4v) is 4.10. The first-order valence-corrected chi connectivity index (χ1v) is 9.89. The summed E-state index contributed by atoms with van der Waals surface area (Å²) < 4.78 is 1.88. The molecule has 29 heavy (non-hydrogen) atoms. The van der Waals surface area contributed by atoms with E-state index in [0.29, 0.717) is 12.1 Å². The van der Waals surface area contributed by atoms with Crippen molar-refractivity contribution in [2.24, 2.45) is 5.92 Å². The molecular weight excluding hydrogens is 360 g/mol. The number of aromatic nitrogens is 3. The second-order valence-electron chi connectivity index (χ2n) is 7.84. The molecule has 6 nitrogen and oxygen atoms in total. The number of rotatable bonds is 3. The van der Waals surface area contributed by atoms with Crippen LogP contribution in [0.5, 0.6) is 0 Å². The Morgan fingerprint density at radius 3 is 2.55 bits per heavy atom. The molecule has 0 aliphatic carbocycles. The van der Waals surface area contributed by atoms with Gasteiger partial charge in [0.15, 0.2) is 0 Å². The number of hydrogen-bond donors (Lipinski definition) is 0. The number of anilines is 2. The second kappa shape index (κ2) is 6.78. The Kier molecular flexibility index (Phi) is 4.09. The molecule has 0 spiro atoms. The number of hydrogen-bond acceptors (Lipinski definition) is 5. The molecule has 0 saturated carbocycles. The van der Waals surface area contributed by atoms with Crippen LogP contribution < -0.4 is 9.80 Å². The zero-order valence-corrected chi connectivity index (χ0v) is 16.4. The number of pyridine rings is 1. The molecule has 0 bridgehead atoms. The number of nitrogens with zero attached hydrogens (tertiary/aromatic N) is 6. The van der Waals surface area contributed by atoms with Gasteiger partial charge in [-0.2, -0.15) is 10.4 Å². The number of benzene rings is 1. The largest absolute Gasteiger partial charge is 0.356 e. The molecule has 1 atom stereocenters. The molecule has 5 rings (SSSR count). The van der Waals surface area contributed by atoms with Crippen molar-refractivity contribution in [1.82, 2.24) is 14.8 Å². The standard InChI is InChI=1S/C23H22N6/c1-16-9-10-27(13-16)23-8-7-20(12-25-23)29-14-21-17(2)28(15-22(21)26-29)19-5-3-18(11-24)4-6-19/h3-8,12,14,16H,2,9-10,13,15H2,1H3. The van der Waals surface area contributed by atoms with Gasteiger partial charge in [-0.25, -0.2) is 9.67 Å². The van der Waals surface area contributed by atoms with Crippen molar-refractivity contribution in [3.8, 4) is 11.8 Å². The van der Waals surface area contributed by atoms with Gasteiger partial charge in [0.25, 0.3) is 0 Å². The van der Waals surface area contributed by atoms with Crippen molar-refractivity contribution in [2.75, 3.05) is 22.9 Å². The molecule has 1 saturated heterocycles. The van der Waals surface area contributed by atoms with E-state index in [1.807, 2.05) is 41.3 Å². The minimum absolute atomic E-state index is 0.654. The molecule has 2 aliphatic rings. The first-order chi connectivity index (χ1) is 14.1. The Morgan fingerprint density at radius 1 is 1.14 bits per heavy atom. The lowest BCUT2D eigenvalue weighted by molar-refractivity contribution is 0.659. The first kappa shape index (κ1) is 17.5. The topological polar surface area (TPSA) is 61.0 Å². The average molecular weight is 382 g/mol. The Bertz CT molecular complexity index is 1100. The van der Waals surface area contributed by atoms with Crippen molar-refractivity contribution in [2.45, 2.75) is 19.9 Å². The van der Waals surface area contributed by atoms with E-state index in [-0.39, 0.29) is 0 Å². The Hall–Kier alpha value is -3.59. The third kappa shape index (κ3) is 3.05. The summed E-state index contributed by atoms with van der Waals surface area (Å²) in [7, 11) is 0. The molecular formula is C23H22N6. The minimum Gasteiger partial charge on any atom is -0.356 e. The van der Waals surface area contributed by atoms with E-state index in [1.165, 1.54) is 6.42 Å². The van der Waals surface area contributed by atoms with E-state index in [0.717, 1.165) is 53.2 Å². The van der Waals surface area contributed by atoms with Gasteiger partial charge in [-0.1, -0.05) is 13.5 Å². The average Bonchev–Trinajstić information content (AvgIpc) is 3.45. The van der Waals surface area contributed by atoms with Gasteiger partial charge in [-0.3, -0.25) is 0 Å². The molecule has 2 aromatic heterocycles. The Balaban J connectivity index is 1.35. The maximum atomic E-state index is 8.98. The minimum atomic E-state index is 0.654. The van der Waals surface area contributed by atoms with Gasteiger partial charge in [0.2, 0.25) is 0 Å². The van der Waals surface area contributed by atoms with Gasteiger partial charge < -0.3 is 9.80 Å². The SMILES string of the molecule is C=C1c2cn(-c3ccc(N4CCC(C)C4)nc3)nc2CN1c1ccc(C#N)cc1. The molecule has 1 fully saturated rings. The van der Waals surface area contributed by atoms with E-state index < -0.39 is 0 Å². The molecule has 0 radical (unpaired) electrons. The summed E-state index contributed by atoms with van der Waals surface area (Å²) in [6.45, 7) is 9.37. The predicted octanol–water partition coefficient (Wildman–Crippen LogP) is 3.98. The fourth-order valence-electron chi connectivity index (χ4n) is 4.10. The van der Waals surface area contributed by atoms with E-state index >= 15 is 0 Å². The monoisotopic (exact) mass is 382 g/mol. The van der Waals surface area contributed by atoms with Crippen LogP contribution in [0.4, 0.5) is 11.5 Å². The lowest BCUT2D eigenvalue weighted by Gasteiger charge is -2.20. The Labute approximate surface area is 170 Å². The summed E-state index contributed by atoms with van der Waals surface area (Å²) in [5.41, 5.74) is 5.59. The molecule has 6 heteroatoms. The van der Waals surface area contributed by atoms with E-state index in [1.54, 1.807) is 0 Å². The molecule has 0 N–H and O–H groups in total. The van der Waals surface area contributed by atoms with Crippen LogP contribution in [-0.2, 0) is 6.54 Å². The van der Waals surface area contributed by atoms with E-state index in [2.05, 4.69) is 46.5 Å². The summed E-state index contributed by atoms with van der Waals surface area (Å²) in [6.07, 6.45) is 5.14. The highest BCUT2D eigenvalue weighted by Gasteiger charge is 2.27. The van der Waals surface area contributed by atoms with Gasteiger partial charge in [0, 0.05) is 36.2 Å². The molecule has 3 aromatic rings. The Morgan fingerprint density at radius 2 is 1.93 bits per heavy atom. The van der Waals surface area contributed by atoms with Gasteiger partial charge in [0.1, 0.15) is 5.82 Å². The van der Waals surface area contributed by atoms with Crippen LogP contribution in [0.15, 0.2) is 55.4 Å². The molecule has 0 amide bonds. The van der Waals surface area contributed by atoms with Crippen molar-refractivity contribution in [3.63, 3.8) is 0 Å². The van der Waals surface area contributed by atoms with Crippen LogP contribution in [0.25, 0.3) is 11.4 Å². The zero-order valence-electron chi connectivity index (χ0n) is 16.4. The number of nitriles is 1. The van der Waals surface area contributed by atoms with Gasteiger partial charge in [-0.15, -0.1) is 0 Å². The lowest BCUT2D eigenvalue weighted by Crippen LogP contribution is -2.20. The van der Waals surface area contributed by atoms with Crippen LogP contribution in [-0.4, -0.2) is 27.9 Å². The molecule has 1 aromatic carbocycles. The highest BCUT2D eigenvalue weighted by atomic mass is 15.3. The van der Waals surface area contributed by atoms with E-state index in [4.69, 9.17) is 10.4 Å². The summed E-state index contributed by atoms with van der Waals surface area (Å²) >= 11 is 0. The smallest absolute Gasteiger partial charge is 0.128 e. The summed E-state index contributed by atoms with van der Waals surface area (Å²) in [4.78, 5) is 9.12. The lowest BCUT2D eigenvalue weighted by atomic mass is 10.2. The van der Waals surface area contributed by atoms with Crippen LogP contribution in [0.2, 0.25) is 0 Å². The predicted molar refractivity (Wildman–Crippen MR) is 114 cm³/mol. The highest BCUT2D eigenvalue weighted by Crippen LogP contribution is 2.35. The summed E-state index contributed by atoms with van der Waals surface area (Å²) in [5, 5.41) is 13.8. The van der Waals surface area contributed by atoms with Gasteiger partial charge in [0.05, 0.1) is 35.8 Å². The second-order valence-corrected chi connectivity index (χ2v) is 7.84. The molecule has 2 aliphatic heterocycles. The van der Waals surface area contributed by atoms with Crippen LogP contribution in [0.1, 0.15) is 30.2 Å². The number of fused-ring (bicyclic) bond motifs is 1. The zero-order chi connectivity index (χ0) is 20.0. The van der Waals surface area contributed by atoms with Gasteiger partial charge >= 0.3 is 0 Å². The van der Waals surface area contributed by atoms with Crippen molar-refractivity contribution < 1.29 is 0 Å². The van der Waals surface area contributed by atoms with Crippen molar-refractivity contribution >= 4 is 17.2 Å². The van der Waals surface area contributed by atoms with Crippen molar-refractivity contribution in [1.29, 1.82) is 5.26 Å². The first-order valence-electron chi connectivity index (χ1n) is 9.89. The molecule has 4 heterocycles. The van der Waals surface area contributed by atoms with Crippen LogP contribution >= 0.6 is 0 Å². The van der Waals surface area contributed by atoms with Crippen molar-refractivity contribution in [3.05, 3.63) is 72.2 Å². The van der Waals surface area contributed by atoms with Crippen LogP contribution in [0.3, 0.4) is 0 Å². The maximum Gasteiger partial charge on any atom is 0.128 e. The third-order valence-electron chi connectivity index (χ3n) is 5.79. The quantitative estimate of drug-likeness (QED) is 0.686. The normalized spacial score (nSPS) is 18.2. The van der Waals surface area contributed by atoms with Crippen LogP contribution in [0, 0.1) is 17.2 Å². The summed E-state index contributed by atoms with van der Waals surface area (Å²) in [6, 6.07) is 13.9. The molecule has 144 valence electrons. The third-order valence-corrected chi connectivity index (χ3v) is 5.79. The fraction of sp³-hybridized carbons (Fsp3) is 0.261. The van der Waals surface area contributed by atoms with E-state index in [9.17, 15) is 0 Å². The maximum absolute atomic E-state index is 8.98. The molecule has 1 unspecified atom stereocenters. The highest BCUT2D eigenvalue weighted by molar-refractivity contribution is 5.83. The summed E-state index contributed by atoms with van der Waals surface area (Å²) in [5.74, 6) is 1.77. The van der Waals surface area contributed by atoms with Gasteiger partial charge in [-0.05, 0) is 48.7 Å².